The van der Waals surface area contributed by atoms with Crippen LogP contribution in [0.5, 0.6) is 0 Å². The first-order valence-corrected chi connectivity index (χ1v) is 11.5. The average Bonchev–Trinajstić information content (AvgIpc) is 3.57. The largest absolute Gasteiger partial charge is 0.481 e. The maximum absolute atomic E-state index is 12.8. The van der Waals surface area contributed by atoms with Crippen molar-refractivity contribution in [2.45, 2.75) is 51.1 Å². The molecule has 0 aromatic heterocycles. The summed E-state index contributed by atoms with van der Waals surface area (Å²) in [4.78, 5) is 36.7. The Labute approximate surface area is 193 Å². The van der Waals surface area contributed by atoms with Crippen LogP contribution in [0.3, 0.4) is 0 Å². The Morgan fingerprint density at radius 1 is 0.970 bits per heavy atom. The number of nitrogens with one attached hydrogen (secondary N) is 2. The van der Waals surface area contributed by atoms with Gasteiger partial charge in [0.05, 0.1) is 6.42 Å². The first-order chi connectivity index (χ1) is 15.8. The number of carboxylic acid groups (broad SMARTS) is 1. The summed E-state index contributed by atoms with van der Waals surface area (Å²) < 4.78 is 5.49. The second-order valence-electron chi connectivity index (χ2n) is 9.24. The smallest absolute Gasteiger partial charge is 0.407 e. The van der Waals surface area contributed by atoms with Crippen molar-refractivity contribution in [1.82, 2.24) is 10.6 Å². The van der Waals surface area contributed by atoms with Crippen molar-refractivity contribution in [1.29, 1.82) is 0 Å². The average molecular weight is 451 g/mol. The van der Waals surface area contributed by atoms with Crippen LogP contribution in [0.25, 0.3) is 11.1 Å². The minimum atomic E-state index is -1.20. The van der Waals surface area contributed by atoms with Crippen LogP contribution in [0.4, 0.5) is 4.79 Å². The van der Waals surface area contributed by atoms with Crippen molar-refractivity contribution in [2.75, 3.05) is 6.61 Å². The van der Waals surface area contributed by atoms with Crippen molar-refractivity contribution in [2.24, 2.45) is 11.8 Å². The maximum atomic E-state index is 12.8. The van der Waals surface area contributed by atoms with Gasteiger partial charge in [-0.15, -0.1) is 0 Å². The summed E-state index contributed by atoms with van der Waals surface area (Å²) in [6.45, 7) is 4.14. The number of hydrogen-bond acceptors (Lipinski definition) is 4. The fourth-order valence-electron chi connectivity index (χ4n) is 4.72. The van der Waals surface area contributed by atoms with E-state index in [0.717, 1.165) is 35.1 Å². The molecule has 2 aromatic carbocycles. The Morgan fingerprint density at radius 3 is 2.06 bits per heavy atom. The Hall–Kier alpha value is -3.35. The van der Waals surface area contributed by atoms with Crippen molar-refractivity contribution >= 4 is 18.0 Å². The second kappa shape index (κ2) is 9.65. The lowest BCUT2D eigenvalue weighted by atomic mass is 9.98. The first-order valence-electron chi connectivity index (χ1n) is 11.5. The van der Waals surface area contributed by atoms with Crippen LogP contribution in [-0.2, 0) is 14.3 Å². The molecule has 0 spiro atoms. The lowest BCUT2D eigenvalue weighted by Crippen LogP contribution is -2.52. The minimum absolute atomic E-state index is 0.0295. The molecule has 1 fully saturated rings. The molecule has 2 unspecified atom stereocenters. The van der Waals surface area contributed by atoms with Crippen LogP contribution in [0.1, 0.15) is 50.2 Å². The summed E-state index contributed by atoms with van der Waals surface area (Å²) in [5, 5.41) is 14.7. The molecule has 2 aromatic rings. The fourth-order valence-corrected chi connectivity index (χ4v) is 4.72. The molecule has 33 heavy (non-hydrogen) atoms. The molecular weight excluding hydrogens is 420 g/mol. The van der Waals surface area contributed by atoms with E-state index in [2.05, 4.69) is 10.6 Å². The molecule has 7 nitrogen and oxygen atoms in total. The van der Waals surface area contributed by atoms with E-state index >= 15 is 0 Å². The zero-order valence-electron chi connectivity index (χ0n) is 18.9. The van der Waals surface area contributed by atoms with Gasteiger partial charge in [0.25, 0.3) is 0 Å². The van der Waals surface area contributed by atoms with Gasteiger partial charge in [0.2, 0.25) is 5.91 Å². The number of rotatable bonds is 9. The molecule has 3 N–H and O–H groups in total. The zero-order chi connectivity index (χ0) is 23.5. The molecule has 7 heteroatoms. The predicted octanol–water partition coefficient (Wildman–Crippen LogP) is 3.92. The Balaban J connectivity index is 1.41. The van der Waals surface area contributed by atoms with Gasteiger partial charge in [-0.25, -0.2) is 4.79 Å². The lowest BCUT2D eigenvalue weighted by Gasteiger charge is -2.25. The predicted molar refractivity (Wildman–Crippen MR) is 124 cm³/mol. The number of aliphatic carboxylic acids is 1. The molecule has 1 saturated carbocycles. The third-order valence-electron chi connectivity index (χ3n) is 6.49. The van der Waals surface area contributed by atoms with Gasteiger partial charge in [-0.3, -0.25) is 9.59 Å². The SMILES string of the molecule is CC(C)C(NC(=O)C(CC(=O)O)NC(=O)OCC1c2ccccc2-c2ccccc21)C1CC1. The van der Waals surface area contributed by atoms with Crippen molar-refractivity contribution < 1.29 is 24.2 Å². The molecule has 0 heterocycles. The van der Waals surface area contributed by atoms with E-state index in [-0.39, 0.29) is 24.5 Å². The van der Waals surface area contributed by atoms with Crippen molar-refractivity contribution in [3.63, 3.8) is 0 Å². The number of alkyl carbamates (subject to hydrolysis) is 1. The highest BCUT2D eigenvalue weighted by Crippen LogP contribution is 2.44. The summed E-state index contributed by atoms with van der Waals surface area (Å²) in [6, 6.07) is 14.8. The Morgan fingerprint density at radius 2 is 1.55 bits per heavy atom. The van der Waals surface area contributed by atoms with Gasteiger partial charge < -0.3 is 20.5 Å². The van der Waals surface area contributed by atoms with Crippen molar-refractivity contribution in [3.05, 3.63) is 59.7 Å². The molecule has 0 aliphatic heterocycles. The summed E-state index contributed by atoms with van der Waals surface area (Å²) in [5.74, 6) is -1.14. The molecule has 0 bridgehead atoms. The van der Waals surface area contributed by atoms with Gasteiger partial charge in [0, 0.05) is 12.0 Å². The van der Waals surface area contributed by atoms with E-state index < -0.39 is 30.4 Å². The van der Waals surface area contributed by atoms with E-state index in [0.29, 0.717) is 5.92 Å². The Bertz CT molecular complexity index is 999. The number of ether oxygens (including phenoxy) is 1. The lowest BCUT2D eigenvalue weighted by molar-refractivity contribution is -0.140. The van der Waals surface area contributed by atoms with E-state index in [1.807, 2.05) is 62.4 Å². The van der Waals surface area contributed by atoms with Crippen LogP contribution in [0.15, 0.2) is 48.5 Å². The van der Waals surface area contributed by atoms with Crippen LogP contribution >= 0.6 is 0 Å². The summed E-state index contributed by atoms with van der Waals surface area (Å²) in [6.07, 6.45) is 0.788. The Kier molecular flexibility index (Phi) is 6.67. The number of amides is 2. The number of fused-ring (bicyclic) bond motifs is 3. The summed E-state index contributed by atoms with van der Waals surface area (Å²) in [5.41, 5.74) is 4.39. The zero-order valence-corrected chi connectivity index (χ0v) is 18.9. The van der Waals surface area contributed by atoms with Gasteiger partial charge >= 0.3 is 12.1 Å². The van der Waals surface area contributed by atoms with Gasteiger partial charge in [0.1, 0.15) is 12.6 Å². The van der Waals surface area contributed by atoms with Crippen LogP contribution in [0.2, 0.25) is 0 Å². The summed E-state index contributed by atoms with van der Waals surface area (Å²) in [7, 11) is 0. The van der Waals surface area contributed by atoms with E-state index in [9.17, 15) is 19.5 Å². The quantitative estimate of drug-likeness (QED) is 0.537. The summed E-state index contributed by atoms with van der Waals surface area (Å²) >= 11 is 0. The van der Waals surface area contributed by atoms with Crippen molar-refractivity contribution in [3.8, 4) is 11.1 Å². The molecule has 0 saturated heterocycles. The highest BCUT2D eigenvalue weighted by Gasteiger charge is 2.36. The highest BCUT2D eigenvalue weighted by atomic mass is 16.5. The van der Waals surface area contributed by atoms with E-state index in [1.165, 1.54) is 0 Å². The van der Waals surface area contributed by atoms with Crippen LogP contribution in [-0.4, -0.2) is 41.8 Å². The van der Waals surface area contributed by atoms with E-state index in [4.69, 9.17) is 4.74 Å². The van der Waals surface area contributed by atoms with Gasteiger partial charge in [-0.2, -0.15) is 0 Å². The second-order valence-corrected chi connectivity index (χ2v) is 9.24. The van der Waals surface area contributed by atoms with Gasteiger partial charge in [-0.05, 0) is 46.9 Å². The number of benzene rings is 2. The molecule has 174 valence electrons. The number of carbonyl (C=O) groups excluding carboxylic acids is 2. The monoisotopic (exact) mass is 450 g/mol. The van der Waals surface area contributed by atoms with Crippen LogP contribution < -0.4 is 10.6 Å². The molecule has 2 amide bonds. The molecule has 2 atom stereocenters. The molecule has 4 rings (SSSR count). The number of hydrogen-bond donors (Lipinski definition) is 3. The molecular formula is C26H30N2O5. The fraction of sp³-hybridized carbons (Fsp3) is 0.423. The third-order valence-corrected chi connectivity index (χ3v) is 6.49. The topological polar surface area (TPSA) is 105 Å². The highest BCUT2D eigenvalue weighted by molar-refractivity contribution is 5.89. The molecule has 0 radical (unpaired) electrons. The minimum Gasteiger partial charge on any atom is -0.481 e. The standard InChI is InChI=1S/C26H30N2O5/c1-15(2)24(16-11-12-16)28-25(31)22(13-23(29)30)27-26(32)33-14-21-19-9-5-3-7-17(19)18-8-4-6-10-20(18)21/h3-10,15-16,21-22,24H,11-14H2,1-2H3,(H,27,32)(H,28,31)(H,29,30). The first kappa shape index (κ1) is 22.8. The normalized spacial score (nSPS) is 16.5. The molecule has 2 aliphatic carbocycles. The van der Waals surface area contributed by atoms with Crippen LogP contribution in [0, 0.1) is 11.8 Å². The molecule has 2 aliphatic rings. The maximum Gasteiger partial charge on any atom is 0.407 e. The third kappa shape index (κ3) is 5.18. The number of carboxylic acids is 1. The number of carbonyl (C=O) groups is 3. The van der Waals surface area contributed by atoms with Gasteiger partial charge in [-0.1, -0.05) is 62.4 Å². The van der Waals surface area contributed by atoms with Gasteiger partial charge in [0.15, 0.2) is 0 Å². The van der Waals surface area contributed by atoms with E-state index in [1.54, 1.807) is 0 Å².